The molecule has 4 rings (SSSR count). The van der Waals surface area contributed by atoms with Crippen LogP contribution in [-0.4, -0.2) is 43.5 Å². The molecule has 3 aromatic rings. The number of fused-ring (bicyclic) bond motifs is 1. The Bertz CT molecular complexity index is 1650. The molecule has 41 heavy (non-hydrogen) atoms. The van der Waals surface area contributed by atoms with E-state index in [-0.39, 0.29) is 39.1 Å². The van der Waals surface area contributed by atoms with E-state index in [2.05, 4.69) is 5.32 Å². The number of rotatable bonds is 8. The molecule has 0 fully saturated rings. The largest absolute Gasteiger partial charge is 0.494 e. The molecule has 1 unspecified atom stereocenters. The van der Waals surface area contributed by atoms with Gasteiger partial charge in [-0.05, 0) is 100 Å². The van der Waals surface area contributed by atoms with Crippen molar-refractivity contribution in [1.29, 1.82) is 0 Å². The van der Waals surface area contributed by atoms with E-state index in [4.69, 9.17) is 16.3 Å². The van der Waals surface area contributed by atoms with Crippen LogP contribution in [0.3, 0.4) is 0 Å². The Kier molecular flexibility index (Phi) is 7.95. The highest BCUT2D eigenvalue weighted by Gasteiger charge is 2.54. The summed E-state index contributed by atoms with van der Waals surface area (Å²) in [6.07, 6.45) is 0. The zero-order chi connectivity index (χ0) is 30.3. The van der Waals surface area contributed by atoms with Crippen LogP contribution < -0.4 is 14.4 Å². The number of sulfonamides is 1. The molecule has 0 aromatic heterocycles. The summed E-state index contributed by atoms with van der Waals surface area (Å²) in [7, 11) is -4.47. The molecule has 3 aromatic carbocycles. The van der Waals surface area contributed by atoms with Gasteiger partial charge in [-0.3, -0.25) is 9.59 Å². The lowest BCUT2D eigenvalue weighted by Gasteiger charge is -2.27. The van der Waals surface area contributed by atoms with Crippen LogP contribution in [0.25, 0.3) is 0 Å². The second-order valence-electron chi connectivity index (χ2n) is 10.9. The summed E-state index contributed by atoms with van der Waals surface area (Å²) in [6, 6.07) is 14.2. The maximum Gasteiger partial charge on any atom is 0.335 e. The third-order valence-corrected chi connectivity index (χ3v) is 8.83. The summed E-state index contributed by atoms with van der Waals surface area (Å²) < 4.78 is 34.4. The minimum atomic E-state index is -4.47. The van der Waals surface area contributed by atoms with Crippen LogP contribution in [0.2, 0.25) is 0 Å². The summed E-state index contributed by atoms with van der Waals surface area (Å²) >= 11 is 6.21. The fourth-order valence-electron chi connectivity index (χ4n) is 4.86. The number of ether oxygens (including phenoxy) is 1. The van der Waals surface area contributed by atoms with E-state index < -0.39 is 32.9 Å². The molecule has 0 aliphatic carbocycles. The number of alkyl halides is 1. The minimum absolute atomic E-state index is 0.0383. The Morgan fingerprint density at radius 2 is 1.63 bits per heavy atom. The first-order valence-electron chi connectivity index (χ1n) is 12.9. The van der Waals surface area contributed by atoms with E-state index >= 15 is 0 Å². The number of nitrogens with one attached hydrogen (secondary N) is 1. The van der Waals surface area contributed by atoms with Gasteiger partial charge in [-0.2, -0.15) is 0 Å². The minimum Gasteiger partial charge on any atom is -0.494 e. The van der Waals surface area contributed by atoms with Crippen LogP contribution in [0, 0.1) is 0 Å². The van der Waals surface area contributed by atoms with Crippen LogP contribution in [0.15, 0.2) is 65.6 Å². The first-order valence-corrected chi connectivity index (χ1v) is 14.8. The quantitative estimate of drug-likeness (QED) is 0.345. The number of carboxylic acid groups (broad SMARTS) is 1. The van der Waals surface area contributed by atoms with Gasteiger partial charge in [0.2, 0.25) is 0 Å². The molecule has 0 spiro atoms. The average molecular weight is 599 g/mol. The summed E-state index contributed by atoms with van der Waals surface area (Å²) in [4.78, 5) is 38.5. The Morgan fingerprint density at radius 1 is 1.00 bits per heavy atom. The normalized spacial score (nSPS) is 16.8. The van der Waals surface area contributed by atoms with Crippen molar-refractivity contribution in [2.45, 2.75) is 56.3 Å². The maximum atomic E-state index is 14.3. The average Bonchev–Trinajstić information content (AvgIpc) is 3.14. The molecule has 9 nitrogen and oxygen atoms in total. The molecule has 0 bridgehead atoms. The van der Waals surface area contributed by atoms with Crippen LogP contribution in [0.5, 0.6) is 5.75 Å². The lowest BCUT2D eigenvalue weighted by molar-refractivity contribution is -0.120. The molecule has 0 saturated heterocycles. The smallest absolute Gasteiger partial charge is 0.335 e. The summed E-state index contributed by atoms with van der Waals surface area (Å²) in [5, 5.41) is 12.5. The lowest BCUT2D eigenvalue weighted by Crippen LogP contribution is -2.43. The van der Waals surface area contributed by atoms with Gasteiger partial charge >= 0.3 is 5.97 Å². The number of anilines is 1. The van der Waals surface area contributed by atoms with Gasteiger partial charge in [0, 0.05) is 22.5 Å². The van der Waals surface area contributed by atoms with E-state index in [1.165, 1.54) is 48.5 Å². The zero-order valence-electron chi connectivity index (χ0n) is 23.3. The zero-order valence-corrected chi connectivity index (χ0v) is 24.9. The van der Waals surface area contributed by atoms with Crippen molar-refractivity contribution < 1.29 is 32.6 Å². The molecule has 0 saturated carbocycles. The molecule has 1 aliphatic heterocycles. The molecule has 1 atom stereocenters. The summed E-state index contributed by atoms with van der Waals surface area (Å²) in [5.41, 5.74) is -0.723. The number of nitrogens with zero attached hydrogens (tertiary/aromatic N) is 1. The lowest BCUT2D eigenvalue weighted by atomic mass is 9.75. The van der Waals surface area contributed by atoms with Crippen molar-refractivity contribution in [3.8, 4) is 5.75 Å². The number of halogens is 1. The summed E-state index contributed by atoms with van der Waals surface area (Å²) in [5.74, 6) is -1.99. The van der Waals surface area contributed by atoms with Gasteiger partial charge < -0.3 is 15.2 Å². The predicted octanol–water partition coefficient (Wildman–Crippen LogP) is 5.09. The number of carboxylic acids is 1. The fourth-order valence-corrected chi connectivity index (χ4v) is 6.61. The Balaban J connectivity index is 1.88. The van der Waals surface area contributed by atoms with Crippen LogP contribution in [-0.2, 0) is 26.1 Å². The van der Waals surface area contributed by atoms with Crippen molar-refractivity contribution in [3.05, 3.63) is 88.5 Å². The summed E-state index contributed by atoms with van der Waals surface area (Å²) in [6.45, 7) is 9.17. The molecule has 216 valence electrons. The molecule has 1 aliphatic rings. The van der Waals surface area contributed by atoms with Gasteiger partial charge in [0.05, 0.1) is 22.8 Å². The van der Waals surface area contributed by atoms with Gasteiger partial charge in [-0.15, -0.1) is 11.6 Å². The molecule has 0 radical (unpaired) electrons. The van der Waals surface area contributed by atoms with Gasteiger partial charge in [0.25, 0.3) is 21.8 Å². The number of amides is 2. The fraction of sp³-hybridized carbons (Fsp3) is 0.300. The Morgan fingerprint density at radius 3 is 2.20 bits per heavy atom. The van der Waals surface area contributed by atoms with Gasteiger partial charge in [-0.1, -0.05) is 6.07 Å². The second-order valence-corrected chi connectivity index (χ2v) is 12.9. The highest BCUT2D eigenvalue weighted by atomic mass is 35.5. The third-order valence-electron chi connectivity index (χ3n) is 6.83. The van der Waals surface area contributed by atoms with Gasteiger partial charge in [0.15, 0.2) is 0 Å². The van der Waals surface area contributed by atoms with Crippen molar-refractivity contribution in [2.24, 2.45) is 0 Å². The molecule has 2 N–H and O–H groups in total. The van der Waals surface area contributed by atoms with Crippen LogP contribution >= 0.6 is 11.6 Å². The van der Waals surface area contributed by atoms with E-state index in [0.29, 0.717) is 23.5 Å². The molecular formula is C30H31ClN2O7S. The number of carbonyl (C=O) groups is 3. The van der Waals surface area contributed by atoms with Crippen LogP contribution in [0.1, 0.15) is 72.0 Å². The Labute approximate surface area is 244 Å². The van der Waals surface area contributed by atoms with E-state index in [1.807, 2.05) is 20.8 Å². The molecule has 1 heterocycles. The van der Waals surface area contributed by atoms with Crippen molar-refractivity contribution >= 4 is 45.1 Å². The number of hydrogen-bond donors (Lipinski definition) is 2. The third kappa shape index (κ3) is 5.41. The number of carbonyl (C=O) groups excluding carboxylic acids is 2. The number of aromatic carboxylic acids is 1. The molecular weight excluding hydrogens is 568 g/mol. The number of hydrogen-bond acceptors (Lipinski definition) is 6. The standard InChI is InChI=1S/C30H31ClN2O7S/c1-6-40-21-11-14-25-24(16-21)30(5,23-15-19(27(35)36)7-8-20(23)17-31)28(37)33(25)41(38,39)22-12-9-18(10-13-22)26(34)32-29(2,3)4/h7-16H,6,17H2,1-5H3,(H,32,34)(H,35,36). The van der Waals surface area contributed by atoms with E-state index in [0.717, 1.165) is 4.31 Å². The first kappa shape index (κ1) is 30.1. The van der Waals surface area contributed by atoms with Gasteiger partial charge in [0.1, 0.15) is 11.2 Å². The highest BCUT2D eigenvalue weighted by molar-refractivity contribution is 7.93. The second kappa shape index (κ2) is 10.8. The number of benzene rings is 3. The SMILES string of the molecule is CCOc1ccc2c(c1)C(C)(c1cc(C(=O)O)ccc1CCl)C(=O)N2S(=O)(=O)c1ccc(C(=O)NC(C)(C)C)cc1. The topological polar surface area (TPSA) is 130 Å². The van der Waals surface area contributed by atoms with Crippen molar-refractivity contribution in [3.63, 3.8) is 0 Å². The van der Waals surface area contributed by atoms with E-state index in [1.54, 1.807) is 26.0 Å². The maximum absolute atomic E-state index is 14.3. The monoisotopic (exact) mass is 598 g/mol. The van der Waals surface area contributed by atoms with Crippen molar-refractivity contribution in [2.75, 3.05) is 10.9 Å². The van der Waals surface area contributed by atoms with E-state index in [9.17, 15) is 27.9 Å². The first-order chi connectivity index (χ1) is 19.1. The van der Waals surface area contributed by atoms with Gasteiger partial charge in [-0.25, -0.2) is 17.5 Å². The Hall–Kier alpha value is -3.89. The predicted molar refractivity (Wildman–Crippen MR) is 155 cm³/mol. The molecule has 2 amide bonds. The molecule has 11 heteroatoms. The van der Waals surface area contributed by atoms with Crippen molar-refractivity contribution in [1.82, 2.24) is 5.32 Å². The highest BCUT2D eigenvalue weighted by Crippen LogP contribution is 2.50. The van der Waals surface area contributed by atoms with Crippen LogP contribution in [0.4, 0.5) is 5.69 Å².